The van der Waals surface area contributed by atoms with Gasteiger partial charge in [-0.1, -0.05) is 42.5 Å². The number of aromatic amines is 1. The summed E-state index contributed by atoms with van der Waals surface area (Å²) < 4.78 is 38.5. The van der Waals surface area contributed by atoms with Gasteiger partial charge in [-0.15, -0.1) is 12.4 Å². The Bertz CT molecular complexity index is 2200. The van der Waals surface area contributed by atoms with Crippen molar-refractivity contribution in [2.45, 2.75) is 4.90 Å². The summed E-state index contributed by atoms with van der Waals surface area (Å²) in [4.78, 5) is 7.36. The van der Waals surface area contributed by atoms with E-state index in [0.717, 1.165) is 39.1 Å². The number of aromatic nitrogens is 2. The minimum absolute atomic E-state index is 0. The van der Waals surface area contributed by atoms with Crippen LogP contribution in [0, 0.1) is 0 Å². The monoisotopic (exact) mass is 558 g/mol. The van der Waals surface area contributed by atoms with Crippen LogP contribution >= 0.6 is 12.4 Å². The molecule has 0 bridgehead atoms. The average molecular weight is 559 g/mol. The van der Waals surface area contributed by atoms with E-state index in [-0.39, 0.29) is 23.9 Å². The molecule has 7 aromatic rings. The summed E-state index contributed by atoms with van der Waals surface area (Å²) in [6, 6.07) is 24.5. The highest BCUT2D eigenvalue weighted by molar-refractivity contribution is 7.85. The van der Waals surface area contributed by atoms with Gasteiger partial charge < -0.3 is 19.6 Å². The van der Waals surface area contributed by atoms with Crippen LogP contribution in [0.4, 0.5) is 0 Å². The van der Waals surface area contributed by atoms with Gasteiger partial charge in [0.15, 0.2) is 0 Å². The Morgan fingerprint density at radius 3 is 2.36 bits per heavy atom. The molecular formula is C29H19ClN2O6S. The van der Waals surface area contributed by atoms with E-state index in [1.807, 2.05) is 48.5 Å². The molecule has 5 aromatic carbocycles. The van der Waals surface area contributed by atoms with E-state index in [4.69, 9.17) is 4.42 Å². The van der Waals surface area contributed by atoms with Crippen LogP contribution in [0.1, 0.15) is 0 Å². The normalized spacial score (nSPS) is 11.9. The number of para-hydroxylation sites is 1. The highest BCUT2D eigenvalue weighted by Gasteiger charge is 2.19. The lowest BCUT2D eigenvalue weighted by Gasteiger charge is -2.07. The standard InChI is InChI=1S/C29H18N2O6S.ClH/c32-22-13-15(18-5-3-7-25-27(18)20-4-1-2-6-24(20)37-25)8-10-19(22)29-30-21-11-9-16-12-17(38(34,35)36)14-23(33)26(16)28(21)31-29;/h1-14,32-33H,(H,30,31)(H,34,35,36);1H. The number of H-pyrrole nitrogens is 1. The third-order valence-corrected chi connectivity index (χ3v) is 7.62. The van der Waals surface area contributed by atoms with Crippen molar-refractivity contribution in [3.63, 3.8) is 0 Å². The molecule has 2 aromatic heterocycles. The van der Waals surface area contributed by atoms with Crippen LogP contribution in [-0.4, -0.2) is 33.2 Å². The number of nitrogens with zero attached hydrogens (tertiary/aromatic N) is 1. The molecule has 0 amide bonds. The molecule has 0 saturated carbocycles. The minimum Gasteiger partial charge on any atom is -0.507 e. The molecule has 0 radical (unpaired) electrons. The number of imidazole rings is 1. The van der Waals surface area contributed by atoms with Crippen molar-refractivity contribution in [1.82, 2.24) is 9.97 Å². The molecule has 0 unspecified atom stereocenters. The minimum atomic E-state index is -4.49. The van der Waals surface area contributed by atoms with Crippen molar-refractivity contribution < 1.29 is 27.6 Å². The molecule has 0 atom stereocenters. The van der Waals surface area contributed by atoms with Crippen LogP contribution < -0.4 is 0 Å². The number of aromatic hydroxyl groups is 2. The Labute approximate surface area is 227 Å². The number of halogens is 1. The highest BCUT2D eigenvalue weighted by Crippen LogP contribution is 2.40. The second kappa shape index (κ2) is 8.74. The van der Waals surface area contributed by atoms with Crippen LogP contribution in [0.25, 0.3) is 66.3 Å². The lowest BCUT2D eigenvalue weighted by molar-refractivity contribution is 0.471. The molecule has 10 heteroatoms. The molecular weight excluding hydrogens is 540 g/mol. The third-order valence-electron chi connectivity index (χ3n) is 6.78. The second-order valence-corrected chi connectivity index (χ2v) is 10.5. The summed E-state index contributed by atoms with van der Waals surface area (Å²) in [6.07, 6.45) is 0. The molecule has 0 aliphatic carbocycles. The van der Waals surface area contributed by atoms with Gasteiger partial charge in [0.25, 0.3) is 10.1 Å². The third kappa shape index (κ3) is 3.87. The molecule has 0 aliphatic heterocycles. The second-order valence-electron chi connectivity index (χ2n) is 9.07. The molecule has 39 heavy (non-hydrogen) atoms. The number of phenols is 2. The SMILES string of the molecule is Cl.O=S(=O)(O)c1cc(O)c2c(ccc3[nH]c(-c4ccc(-c5cccc6oc7ccccc7c56)cc4O)nc32)c1. The van der Waals surface area contributed by atoms with E-state index in [2.05, 4.69) is 9.97 Å². The first kappa shape index (κ1) is 24.7. The molecule has 0 spiro atoms. The topological polar surface area (TPSA) is 137 Å². The van der Waals surface area contributed by atoms with Crippen molar-refractivity contribution in [2.75, 3.05) is 0 Å². The number of phenolic OH excluding ortho intramolecular Hbond substituents is 2. The molecule has 2 heterocycles. The molecule has 0 saturated heterocycles. The van der Waals surface area contributed by atoms with Crippen molar-refractivity contribution in [3.8, 4) is 34.0 Å². The number of hydrogen-bond donors (Lipinski definition) is 4. The van der Waals surface area contributed by atoms with Gasteiger partial charge in [0.1, 0.15) is 34.0 Å². The lowest BCUT2D eigenvalue weighted by Crippen LogP contribution is -1.97. The van der Waals surface area contributed by atoms with Gasteiger partial charge in [-0.25, -0.2) is 4.98 Å². The number of benzene rings is 5. The van der Waals surface area contributed by atoms with Crippen molar-refractivity contribution in [3.05, 3.63) is 84.9 Å². The summed E-state index contributed by atoms with van der Waals surface area (Å²) in [5, 5.41) is 24.3. The summed E-state index contributed by atoms with van der Waals surface area (Å²) in [5.74, 6) is 0.0501. The Balaban J connectivity index is 0.00000277. The quantitative estimate of drug-likeness (QED) is 0.171. The van der Waals surface area contributed by atoms with Crippen molar-refractivity contribution >= 4 is 66.3 Å². The highest BCUT2D eigenvalue weighted by atomic mass is 35.5. The summed E-state index contributed by atoms with van der Waals surface area (Å²) in [7, 11) is -4.49. The maximum Gasteiger partial charge on any atom is 0.294 e. The number of hydrogen-bond acceptors (Lipinski definition) is 6. The molecule has 0 fully saturated rings. The van der Waals surface area contributed by atoms with Crippen LogP contribution in [0.3, 0.4) is 0 Å². The Morgan fingerprint density at radius 1 is 0.769 bits per heavy atom. The number of fused-ring (bicyclic) bond motifs is 6. The maximum absolute atomic E-state index is 11.6. The Hall–Kier alpha value is -4.57. The summed E-state index contributed by atoms with van der Waals surface area (Å²) >= 11 is 0. The molecule has 194 valence electrons. The fourth-order valence-corrected chi connectivity index (χ4v) is 5.61. The first-order valence-electron chi connectivity index (χ1n) is 11.6. The van der Waals surface area contributed by atoms with E-state index >= 15 is 0 Å². The predicted molar refractivity (Wildman–Crippen MR) is 152 cm³/mol. The smallest absolute Gasteiger partial charge is 0.294 e. The van der Waals surface area contributed by atoms with Crippen LogP contribution in [0.2, 0.25) is 0 Å². The van der Waals surface area contributed by atoms with Crippen molar-refractivity contribution in [2.24, 2.45) is 0 Å². The lowest BCUT2D eigenvalue weighted by atomic mass is 9.98. The fraction of sp³-hybridized carbons (Fsp3) is 0. The Kier molecular flexibility index (Phi) is 5.55. The zero-order chi connectivity index (χ0) is 26.2. The van der Waals surface area contributed by atoms with Gasteiger partial charge in [0, 0.05) is 16.8 Å². The first-order chi connectivity index (χ1) is 18.3. The van der Waals surface area contributed by atoms with Crippen LogP contribution in [-0.2, 0) is 10.1 Å². The fourth-order valence-electron chi connectivity index (χ4n) is 5.07. The maximum atomic E-state index is 11.6. The van der Waals surface area contributed by atoms with Crippen LogP contribution in [0.15, 0.2) is 94.2 Å². The van der Waals surface area contributed by atoms with Gasteiger partial charge in [-0.05, 0) is 52.9 Å². The van der Waals surface area contributed by atoms with E-state index in [9.17, 15) is 23.2 Å². The number of nitrogens with one attached hydrogen (secondary N) is 1. The Morgan fingerprint density at radius 2 is 1.56 bits per heavy atom. The predicted octanol–water partition coefficient (Wildman–Crippen LogP) is 7.03. The first-order valence-corrected chi connectivity index (χ1v) is 13.1. The van der Waals surface area contributed by atoms with Gasteiger partial charge in [-0.2, -0.15) is 8.42 Å². The largest absolute Gasteiger partial charge is 0.507 e. The molecule has 4 N–H and O–H groups in total. The number of furan rings is 1. The van der Waals surface area contributed by atoms with Crippen LogP contribution in [0.5, 0.6) is 11.5 Å². The summed E-state index contributed by atoms with van der Waals surface area (Å²) in [6.45, 7) is 0. The van der Waals surface area contributed by atoms with E-state index in [1.54, 1.807) is 24.3 Å². The van der Waals surface area contributed by atoms with E-state index in [0.29, 0.717) is 33.2 Å². The van der Waals surface area contributed by atoms with E-state index in [1.165, 1.54) is 6.07 Å². The molecule has 7 rings (SSSR count). The van der Waals surface area contributed by atoms with Gasteiger partial charge in [0.05, 0.1) is 21.4 Å². The van der Waals surface area contributed by atoms with E-state index < -0.39 is 15.0 Å². The zero-order valence-electron chi connectivity index (χ0n) is 19.9. The van der Waals surface area contributed by atoms with Gasteiger partial charge in [0.2, 0.25) is 0 Å². The zero-order valence-corrected chi connectivity index (χ0v) is 21.5. The average Bonchev–Trinajstić information content (AvgIpc) is 3.49. The van der Waals surface area contributed by atoms with Gasteiger partial charge in [-0.3, -0.25) is 4.55 Å². The summed E-state index contributed by atoms with van der Waals surface area (Å²) in [5.41, 5.74) is 4.71. The van der Waals surface area contributed by atoms with Crippen molar-refractivity contribution in [1.29, 1.82) is 0 Å². The molecule has 0 aliphatic rings. The van der Waals surface area contributed by atoms with Gasteiger partial charge >= 0.3 is 0 Å². The molecule has 8 nitrogen and oxygen atoms in total. The number of rotatable bonds is 3.